The summed E-state index contributed by atoms with van der Waals surface area (Å²) in [5, 5.41) is 18.9. The zero-order chi connectivity index (χ0) is 29.4. The van der Waals surface area contributed by atoms with Crippen LogP contribution in [0.15, 0.2) is 66.9 Å². The van der Waals surface area contributed by atoms with Gasteiger partial charge in [-0.15, -0.1) is 13.2 Å². The van der Waals surface area contributed by atoms with Gasteiger partial charge in [-0.3, -0.25) is 4.79 Å². The largest absolute Gasteiger partial charge is 0.573 e. The first-order chi connectivity index (χ1) is 19.4. The summed E-state index contributed by atoms with van der Waals surface area (Å²) in [7, 11) is 0. The molecule has 3 heterocycles. The Morgan fingerprint density at radius 1 is 1.10 bits per heavy atom. The Labute approximate surface area is 240 Å². The van der Waals surface area contributed by atoms with E-state index >= 15 is 0 Å². The van der Waals surface area contributed by atoms with Gasteiger partial charge in [0.1, 0.15) is 5.75 Å². The normalized spacial score (nSPS) is 16.0. The highest BCUT2D eigenvalue weighted by Gasteiger charge is 2.32. The first-order valence-corrected chi connectivity index (χ1v) is 13.7. The maximum Gasteiger partial charge on any atom is 0.573 e. The summed E-state index contributed by atoms with van der Waals surface area (Å²) in [5.74, 6) is -0.433. The van der Waals surface area contributed by atoms with Crippen LogP contribution in [-0.2, 0) is 12.1 Å². The van der Waals surface area contributed by atoms with E-state index in [9.17, 15) is 23.1 Å². The van der Waals surface area contributed by atoms with Crippen LogP contribution in [0.4, 0.5) is 18.9 Å². The van der Waals surface area contributed by atoms with E-state index in [4.69, 9.17) is 11.6 Å². The minimum atomic E-state index is -4.70. The third kappa shape index (κ3) is 6.44. The van der Waals surface area contributed by atoms with Crippen LogP contribution in [0.25, 0.3) is 5.52 Å². The van der Waals surface area contributed by atoms with Crippen molar-refractivity contribution < 1.29 is 27.8 Å². The van der Waals surface area contributed by atoms with Crippen molar-refractivity contribution in [1.29, 1.82) is 0 Å². The number of aryl methyl sites for hydroxylation is 1. The number of carbonyl (C=O) groups is 1. The Balaban J connectivity index is 1.22. The molecular weight excluding hydrogens is 557 g/mol. The fraction of sp³-hybridized carbons (Fsp3) is 0.333. The maximum atomic E-state index is 13.3. The summed E-state index contributed by atoms with van der Waals surface area (Å²) in [6.07, 6.45) is -0.787. The molecule has 1 unspecified atom stereocenters. The topological polar surface area (TPSA) is 79.1 Å². The molecular formula is C30H30ClF3N4O3. The number of rotatable bonds is 7. The number of ether oxygens (including phenoxy) is 1. The van der Waals surface area contributed by atoms with Gasteiger partial charge in [0.15, 0.2) is 5.72 Å². The quantitative estimate of drug-likeness (QED) is 0.244. The lowest BCUT2D eigenvalue weighted by Crippen LogP contribution is -2.43. The van der Waals surface area contributed by atoms with Crippen LogP contribution in [0.3, 0.4) is 0 Å². The summed E-state index contributed by atoms with van der Waals surface area (Å²) in [6, 6.07) is 16.8. The van der Waals surface area contributed by atoms with E-state index in [0.29, 0.717) is 33.8 Å². The number of halogens is 4. The number of nitrogens with one attached hydrogen (secondary N) is 1. The van der Waals surface area contributed by atoms with Crippen LogP contribution in [0.1, 0.15) is 59.8 Å². The summed E-state index contributed by atoms with van der Waals surface area (Å²) >= 11 is 6.15. The smallest absolute Gasteiger partial charge is 0.406 e. The van der Waals surface area contributed by atoms with Crippen molar-refractivity contribution in [2.24, 2.45) is 0 Å². The highest BCUT2D eigenvalue weighted by molar-refractivity contribution is 6.31. The number of piperidine rings is 1. The Kier molecular flexibility index (Phi) is 7.89. The number of anilines is 1. The Morgan fingerprint density at radius 3 is 2.37 bits per heavy atom. The second kappa shape index (κ2) is 11.3. The van der Waals surface area contributed by atoms with E-state index < -0.39 is 18.0 Å². The number of fused-ring (bicyclic) bond motifs is 1. The van der Waals surface area contributed by atoms with Crippen LogP contribution >= 0.6 is 11.6 Å². The first kappa shape index (κ1) is 28.8. The molecule has 0 radical (unpaired) electrons. The molecule has 0 aliphatic carbocycles. The zero-order valence-electron chi connectivity index (χ0n) is 22.6. The lowest BCUT2D eigenvalue weighted by Gasteiger charge is -2.34. The summed E-state index contributed by atoms with van der Waals surface area (Å²) in [4.78, 5) is 15.5. The molecule has 1 amide bonds. The third-order valence-corrected chi connectivity index (χ3v) is 7.70. The number of nitrogens with zero attached hydrogens (tertiary/aromatic N) is 3. The number of carbonyl (C=O) groups excluding carboxylic acids is 1. The molecule has 2 aromatic carbocycles. The molecule has 216 valence electrons. The second-order valence-electron chi connectivity index (χ2n) is 10.3. The molecule has 1 saturated heterocycles. The van der Waals surface area contributed by atoms with E-state index in [1.165, 1.54) is 19.1 Å². The average Bonchev–Trinajstić information content (AvgIpc) is 3.30. The summed E-state index contributed by atoms with van der Waals surface area (Å²) in [6.45, 7) is 4.98. The molecule has 0 saturated carbocycles. The predicted molar refractivity (Wildman–Crippen MR) is 150 cm³/mol. The van der Waals surface area contributed by atoms with Crippen LogP contribution in [0.5, 0.6) is 5.75 Å². The SMILES string of the molecule is CCc1nn2ccc(Cl)cc2c1C(=O)NC(C)(O)c1ccc(N2CCC(c3ccc(OC(F)(F)F)cc3)CC2)cc1. The Morgan fingerprint density at radius 2 is 1.76 bits per heavy atom. The number of benzene rings is 2. The number of amides is 1. The number of aliphatic hydroxyl groups is 1. The highest BCUT2D eigenvalue weighted by atomic mass is 35.5. The van der Waals surface area contributed by atoms with Gasteiger partial charge in [0.2, 0.25) is 0 Å². The van der Waals surface area contributed by atoms with Gasteiger partial charge in [0.05, 0.1) is 16.8 Å². The molecule has 0 bridgehead atoms. The number of alkyl halides is 3. The lowest BCUT2D eigenvalue weighted by atomic mass is 9.89. The highest BCUT2D eigenvalue weighted by Crippen LogP contribution is 2.33. The van der Waals surface area contributed by atoms with E-state index in [1.54, 1.807) is 47.1 Å². The fourth-order valence-corrected chi connectivity index (χ4v) is 5.49. The summed E-state index contributed by atoms with van der Waals surface area (Å²) in [5.41, 5.74) is 2.39. The van der Waals surface area contributed by atoms with Gasteiger partial charge in [0.25, 0.3) is 5.91 Å². The third-order valence-electron chi connectivity index (χ3n) is 7.46. The fourth-order valence-electron chi connectivity index (χ4n) is 5.33. The number of hydrogen-bond donors (Lipinski definition) is 2. The molecule has 2 N–H and O–H groups in total. The Bertz CT molecular complexity index is 1530. The van der Waals surface area contributed by atoms with Crippen molar-refractivity contribution in [2.45, 2.75) is 51.1 Å². The van der Waals surface area contributed by atoms with E-state index in [-0.39, 0.29) is 11.7 Å². The molecule has 41 heavy (non-hydrogen) atoms. The number of hydrogen-bond acceptors (Lipinski definition) is 5. The molecule has 1 aliphatic rings. The van der Waals surface area contributed by atoms with Gasteiger partial charge >= 0.3 is 6.36 Å². The molecule has 4 aromatic rings. The van der Waals surface area contributed by atoms with Gasteiger partial charge < -0.3 is 20.1 Å². The molecule has 2 aromatic heterocycles. The minimum absolute atomic E-state index is 0.222. The molecule has 1 fully saturated rings. The van der Waals surface area contributed by atoms with Crippen molar-refractivity contribution in [1.82, 2.24) is 14.9 Å². The van der Waals surface area contributed by atoms with Gasteiger partial charge in [-0.1, -0.05) is 42.8 Å². The zero-order valence-corrected chi connectivity index (χ0v) is 23.3. The molecule has 1 atom stereocenters. The van der Waals surface area contributed by atoms with Gasteiger partial charge in [0, 0.05) is 35.6 Å². The summed E-state index contributed by atoms with van der Waals surface area (Å²) < 4.78 is 42.9. The van der Waals surface area contributed by atoms with E-state index in [2.05, 4.69) is 20.1 Å². The van der Waals surface area contributed by atoms with Crippen LogP contribution in [-0.4, -0.2) is 40.1 Å². The van der Waals surface area contributed by atoms with Crippen LogP contribution < -0.4 is 15.0 Å². The monoisotopic (exact) mass is 586 g/mol. The van der Waals surface area contributed by atoms with Gasteiger partial charge in [-0.25, -0.2) is 4.52 Å². The molecule has 7 nitrogen and oxygen atoms in total. The molecule has 11 heteroatoms. The minimum Gasteiger partial charge on any atom is -0.406 e. The average molecular weight is 587 g/mol. The van der Waals surface area contributed by atoms with Crippen molar-refractivity contribution in [3.8, 4) is 5.75 Å². The van der Waals surface area contributed by atoms with Crippen LogP contribution in [0.2, 0.25) is 5.02 Å². The lowest BCUT2D eigenvalue weighted by molar-refractivity contribution is -0.274. The predicted octanol–water partition coefficient (Wildman–Crippen LogP) is 6.43. The van der Waals surface area contributed by atoms with Gasteiger partial charge in [-0.05, 0) is 74.1 Å². The van der Waals surface area contributed by atoms with Crippen LogP contribution in [0, 0.1) is 0 Å². The van der Waals surface area contributed by atoms with E-state index in [1.807, 2.05) is 19.1 Å². The van der Waals surface area contributed by atoms with Crippen molar-refractivity contribution in [3.05, 3.63) is 94.3 Å². The molecule has 1 aliphatic heterocycles. The van der Waals surface area contributed by atoms with Crippen molar-refractivity contribution >= 4 is 28.7 Å². The Hall–Kier alpha value is -3.76. The maximum absolute atomic E-state index is 13.3. The first-order valence-electron chi connectivity index (χ1n) is 13.4. The molecule has 5 rings (SSSR count). The van der Waals surface area contributed by atoms with Gasteiger partial charge in [-0.2, -0.15) is 5.10 Å². The standard InChI is InChI=1S/C30H30ClF3N4O3/c1-3-25-27(26-18-22(31)14-17-38(26)36-25)28(39)35-29(2,40)21-6-8-23(9-7-21)37-15-12-20(13-16-37)19-4-10-24(11-5-19)41-30(32,33)34/h4-11,14,17-18,20,40H,3,12-13,15-16H2,1-2H3,(H,35,39). The van der Waals surface area contributed by atoms with Crippen molar-refractivity contribution in [2.75, 3.05) is 18.0 Å². The molecule has 0 spiro atoms. The number of aromatic nitrogens is 2. The number of pyridine rings is 1. The van der Waals surface area contributed by atoms with E-state index in [0.717, 1.165) is 37.2 Å². The second-order valence-corrected chi connectivity index (χ2v) is 10.7. The van der Waals surface area contributed by atoms with Crippen molar-refractivity contribution in [3.63, 3.8) is 0 Å².